The van der Waals surface area contributed by atoms with E-state index in [1.165, 1.54) is 0 Å². The molecule has 0 amide bonds. The Bertz CT molecular complexity index is 347. The van der Waals surface area contributed by atoms with Crippen molar-refractivity contribution >= 4 is 14.7 Å². The second-order valence-electron chi connectivity index (χ2n) is 6.54. The third-order valence-electron chi connectivity index (χ3n) is 2.44. The average Bonchev–Trinajstić information content (AvgIpc) is 2.37. The topological polar surface area (TPSA) is 57.2 Å². The molecule has 0 aliphatic carbocycles. The molecule has 0 aromatic rings. The van der Waals surface area contributed by atoms with Gasteiger partial charge >= 0.3 is 6.16 Å². The van der Waals surface area contributed by atoms with Gasteiger partial charge in [0.05, 0.1) is 13.2 Å². The summed E-state index contributed by atoms with van der Waals surface area (Å²) in [6.45, 7) is 18.2. The molecule has 0 aliphatic heterocycles. The van der Waals surface area contributed by atoms with E-state index < -0.39 is 20.3 Å². The van der Waals surface area contributed by atoms with Gasteiger partial charge in [-0.15, -0.1) is 6.58 Å². The number of ether oxygens (including phenoxy) is 2. The fourth-order valence-electron chi connectivity index (χ4n) is 1.78. The van der Waals surface area contributed by atoms with Crippen LogP contribution in [-0.2, 0) is 18.5 Å². The third kappa shape index (κ3) is 10.7. The van der Waals surface area contributed by atoms with E-state index in [4.69, 9.17) is 18.5 Å². The summed E-state index contributed by atoms with van der Waals surface area (Å²) in [5, 5.41) is 0. The summed E-state index contributed by atoms with van der Waals surface area (Å²) in [4.78, 5) is 11.5. The Morgan fingerprint density at radius 2 is 1.70 bits per heavy atom. The average molecular weight is 349 g/mol. The van der Waals surface area contributed by atoms with Gasteiger partial charge in [0, 0.05) is 12.1 Å². The fraction of sp³-hybridized carbons (Fsp3) is 0.812. The van der Waals surface area contributed by atoms with Gasteiger partial charge in [-0.1, -0.05) is 6.08 Å². The number of rotatable bonds is 10. The van der Waals surface area contributed by atoms with Crippen LogP contribution in [0.2, 0.25) is 0 Å². The summed E-state index contributed by atoms with van der Waals surface area (Å²) >= 11 is 0. The maximum absolute atomic E-state index is 11.5. The Kier molecular flexibility index (Phi) is 10.7. The first kappa shape index (κ1) is 22.3. The minimum atomic E-state index is -1.24. The van der Waals surface area contributed by atoms with Crippen LogP contribution < -0.4 is 0 Å². The maximum Gasteiger partial charge on any atom is 0.508 e. The molecule has 0 heterocycles. The fourth-order valence-corrected chi connectivity index (χ4v) is 3.34. The molecule has 1 atom stereocenters. The van der Waals surface area contributed by atoms with Gasteiger partial charge in [0.15, 0.2) is 0 Å². The van der Waals surface area contributed by atoms with Crippen molar-refractivity contribution in [3.8, 4) is 0 Å². The molecular weight excluding hydrogens is 317 g/mol. The molecule has 0 fully saturated rings. The second-order valence-corrected chi connectivity index (χ2v) is 7.99. The molecule has 1 unspecified atom stereocenters. The van der Waals surface area contributed by atoms with Crippen molar-refractivity contribution in [3.63, 3.8) is 0 Å². The highest BCUT2D eigenvalue weighted by Gasteiger charge is 2.27. The first-order chi connectivity index (χ1) is 10.6. The number of hydrogen-bond acceptors (Lipinski definition) is 6. The minimum absolute atomic E-state index is 0.120. The van der Waals surface area contributed by atoms with Crippen molar-refractivity contribution < 1.29 is 23.3 Å². The van der Waals surface area contributed by atoms with Crippen molar-refractivity contribution in [2.24, 2.45) is 0 Å². The molecular formula is C16H32NO5P. The van der Waals surface area contributed by atoms with Gasteiger partial charge in [0.25, 0.3) is 8.53 Å². The van der Waals surface area contributed by atoms with E-state index in [0.29, 0.717) is 6.61 Å². The summed E-state index contributed by atoms with van der Waals surface area (Å²) in [6, 6.07) is 0.551. The van der Waals surface area contributed by atoms with Crippen molar-refractivity contribution in [1.29, 1.82) is 0 Å². The van der Waals surface area contributed by atoms with Crippen LogP contribution in [0.25, 0.3) is 0 Å². The largest absolute Gasteiger partial charge is 0.508 e. The smallest absolute Gasteiger partial charge is 0.432 e. The summed E-state index contributed by atoms with van der Waals surface area (Å²) in [7, 11) is -1.24. The van der Waals surface area contributed by atoms with Crippen LogP contribution in [0.5, 0.6) is 0 Å². The molecule has 0 aliphatic rings. The summed E-state index contributed by atoms with van der Waals surface area (Å²) in [5.41, 5.74) is -0.566. The van der Waals surface area contributed by atoms with Crippen molar-refractivity contribution in [1.82, 2.24) is 4.67 Å². The van der Waals surface area contributed by atoms with E-state index in [0.717, 1.165) is 0 Å². The number of carbonyl (C=O) groups excluding carboxylic acids is 1. The standard InChI is InChI=1S/C16H32NO5P/c1-9-10-20-23(17(13(2)3)14(4)5)21-12-11-19-15(18)22-16(6,7)8/h9,13-14H,1,10-12H2,2-8H3. The predicted octanol–water partition coefficient (Wildman–Crippen LogP) is 4.50. The SMILES string of the molecule is C=CCOP(OCCOC(=O)OC(C)(C)C)N(C(C)C)C(C)C. The Balaban J connectivity index is 4.40. The Labute approximate surface area is 142 Å². The number of carbonyl (C=O) groups is 1. The molecule has 0 aromatic carbocycles. The second kappa shape index (κ2) is 11.0. The van der Waals surface area contributed by atoms with Crippen LogP contribution in [0.1, 0.15) is 48.5 Å². The Morgan fingerprint density at radius 1 is 1.13 bits per heavy atom. The highest BCUT2D eigenvalue weighted by Crippen LogP contribution is 2.45. The van der Waals surface area contributed by atoms with E-state index in [2.05, 4.69) is 38.9 Å². The molecule has 0 bridgehead atoms. The van der Waals surface area contributed by atoms with Crippen LogP contribution in [-0.4, -0.2) is 48.3 Å². The van der Waals surface area contributed by atoms with Gasteiger partial charge in [-0.3, -0.25) is 0 Å². The Morgan fingerprint density at radius 3 is 2.13 bits per heavy atom. The van der Waals surface area contributed by atoms with Crippen LogP contribution in [0.4, 0.5) is 4.79 Å². The van der Waals surface area contributed by atoms with E-state index in [-0.39, 0.29) is 25.3 Å². The lowest BCUT2D eigenvalue weighted by molar-refractivity contribution is -0.0121. The lowest BCUT2D eigenvalue weighted by atomic mass is 10.2. The summed E-state index contributed by atoms with van der Waals surface area (Å²) < 4.78 is 23.8. The highest BCUT2D eigenvalue weighted by atomic mass is 31.2. The van der Waals surface area contributed by atoms with Crippen LogP contribution >= 0.6 is 8.53 Å². The zero-order chi connectivity index (χ0) is 18.0. The van der Waals surface area contributed by atoms with E-state index in [1.807, 2.05) is 0 Å². The molecule has 0 saturated carbocycles. The molecule has 0 spiro atoms. The molecule has 136 valence electrons. The zero-order valence-electron chi connectivity index (χ0n) is 15.5. The van der Waals surface area contributed by atoms with Crippen molar-refractivity contribution in [2.45, 2.75) is 66.2 Å². The summed E-state index contributed by atoms with van der Waals surface area (Å²) in [5.74, 6) is 0. The molecule has 0 N–H and O–H groups in total. The first-order valence-corrected chi connectivity index (χ1v) is 9.02. The molecule has 0 aromatic heterocycles. The van der Waals surface area contributed by atoms with Gasteiger partial charge in [0.1, 0.15) is 12.2 Å². The monoisotopic (exact) mass is 349 g/mol. The van der Waals surface area contributed by atoms with E-state index >= 15 is 0 Å². The number of nitrogens with zero attached hydrogens (tertiary/aromatic N) is 1. The van der Waals surface area contributed by atoms with Crippen LogP contribution in [0, 0.1) is 0 Å². The van der Waals surface area contributed by atoms with Gasteiger partial charge in [0.2, 0.25) is 0 Å². The van der Waals surface area contributed by atoms with Crippen molar-refractivity contribution in [2.75, 3.05) is 19.8 Å². The highest BCUT2D eigenvalue weighted by molar-refractivity contribution is 7.44. The summed E-state index contributed by atoms with van der Waals surface area (Å²) in [6.07, 6.45) is 0.997. The third-order valence-corrected chi connectivity index (χ3v) is 4.52. The molecule has 23 heavy (non-hydrogen) atoms. The predicted molar refractivity (Wildman–Crippen MR) is 93.3 cm³/mol. The number of hydrogen-bond donors (Lipinski definition) is 0. The van der Waals surface area contributed by atoms with Crippen LogP contribution in [0.3, 0.4) is 0 Å². The molecule has 0 saturated heterocycles. The van der Waals surface area contributed by atoms with E-state index in [9.17, 15) is 4.79 Å². The lowest BCUT2D eigenvalue weighted by Gasteiger charge is -2.35. The quantitative estimate of drug-likeness (QED) is 0.250. The minimum Gasteiger partial charge on any atom is -0.432 e. The van der Waals surface area contributed by atoms with Gasteiger partial charge in [-0.25, -0.2) is 9.46 Å². The molecule has 7 heteroatoms. The van der Waals surface area contributed by atoms with Gasteiger partial charge < -0.3 is 18.5 Å². The Hall–Kier alpha value is -0.680. The zero-order valence-corrected chi connectivity index (χ0v) is 16.4. The maximum atomic E-state index is 11.5. The normalized spacial score (nSPS) is 13.5. The van der Waals surface area contributed by atoms with Crippen LogP contribution in [0.15, 0.2) is 12.7 Å². The van der Waals surface area contributed by atoms with Crippen molar-refractivity contribution in [3.05, 3.63) is 12.7 Å². The first-order valence-electron chi connectivity index (χ1n) is 7.89. The van der Waals surface area contributed by atoms with Gasteiger partial charge in [-0.05, 0) is 48.5 Å². The molecule has 0 radical (unpaired) electrons. The van der Waals surface area contributed by atoms with E-state index in [1.54, 1.807) is 26.8 Å². The molecule has 6 nitrogen and oxygen atoms in total. The van der Waals surface area contributed by atoms with Gasteiger partial charge in [-0.2, -0.15) is 0 Å². The lowest BCUT2D eigenvalue weighted by Crippen LogP contribution is -2.34. The molecule has 0 rings (SSSR count).